The number of nitrogens with one attached hydrogen (secondary N) is 2. The third-order valence-corrected chi connectivity index (χ3v) is 3.12. The van der Waals surface area contributed by atoms with Gasteiger partial charge in [-0.3, -0.25) is 9.78 Å². The maximum Gasteiger partial charge on any atom is 0.269 e. The number of carbonyl (C=O) groups is 1. The molecule has 122 valence electrons. The van der Waals surface area contributed by atoms with E-state index in [2.05, 4.69) is 36.4 Å². The quantitative estimate of drug-likeness (QED) is 0.889. The first kappa shape index (κ1) is 16.9. The number of hydrogen-bond acceptors (Lipinski definition) is 3. The van der Waals surface area contributed by atoms with Gasteiger partial charge in [-0.15, -0.1) is 0 Å². The molecule has 0 aliphatic rings. The molecule has 0 unspecified atom stereocenters. The number of carbonyl (C=O) groups excluding carboxylic acids is 1. The van der Waals surface area contributed by atoms with Crippen LogP contribution in [-0.4, -0.2) is 23.0 Å². The Morgan fingerprint density at radius 1 is 1.17 bits per heavy atom. The fourth-order valence-corrected chi connectivity index (χ4v) is 2.13. The molecule has 0 saturated heterocycles. The van der Waals surface area contributed by atoms with Crippen LogP contribution in [0.1, 0.15) is 36.8 Å². The Hall–Kier alpha value is -2.43. The molecule has 2 N–H and O–H groups in total. The second-order valence-corrected chi connectivity index (χ2v) is 6.44. The molecule has 0 spiro atoms. The van der Waals surface area contributed by atoms with Crippen LogP contribution < -0.4 is 10.6 Å². The smallest absolute Gasteiger partial charge is 0.269 e. The van der Waals surface area contributed by atoms with Crippen molar-refractivity contribution >= 4 is 11.6 Å². The number of rotatable bonds is 5. The number of halogens is 1. The predicted molar refractivity (Wildman–Crippen MR) is 90.0 cm³/mol. The summed E-state index contributed by atoms with van der Waals surface area (Å²) in [6.45, 7) is 6.63. The van der Waals surface area contributed by atoms with Gasteiger partial charge in [0.1, 0.15) is 11.5 Å². The van der Waals surface area contributed by atoms with Crippen LogP contribution in [0.4, 0.5) is 10.1 Å². The molecule has 2 rings (SSSR count). The molecular weight excluding hydrogens is 293 g/mol. The Kier molecular flexibility index (Phi) is 5.32. The number of anilines is 1. The molecule has 0 saturated carbocycles. The van der Waals surface area contributed by atoms with Gasteiger partial charge in [-0.1, -0.05) is 12.1 Å². The van der Waals surface area contributed by atoms with Crippen molar-refractivity contribution in [2.45, 2.75) is 32.7 Å². The standard InChI is InChI=1S/C18H22FN3O/c1-18(2,3)22-15-9-11-20-16(12-15)17(23)21-10-8-13-4-6-14(19)7-5-13/h4-7,9,11-12H,8,10H2,1-3H3,(H,20,22)(H,21,23). The molecule has 1 amide bonds. The van der Waals surface area contributed by atoms with Gasteiger partial charge in [0.15, 0.2) is 0 Å². The largest absolute Gasteiger partial charge is 0.380 e. The molecule has 0 bridgehead atoms. The van der Waals surface area contributed by atoms with Crippen molar-refractivity contribution in [2.75, 3.05) is 11.9 Å². The number of amides is 1. The van der Waals surface area contributed by atoms with Crippen LogP contribution >= 0.6 is 0 Å². The van der Waals surface area contributed by atoms with Gasteiger partial charge >= 0.3 is 0 Å². The van der Waals surface area contributed by atoms with Crippen molar-refractivity contribution in [3.63, 3.8) is 0 Å². The number of pyridine rings is 1. The highest BCUT2D eigenvalue weighted by atomic mass is 19.1. The molecule has 1 heterocycles. The molecule has 0 aliphatic carbocycles. The molecule has 4 nitrogen and oxygen atoms in total. The monoisotopic (exact) mass is 315 g/mol. The topological polar surface area (TPSA) is 54.0 Å². The minimum Gasteiger partial charge on any atom is -0.380 e. The van der Waals surface area contributed by atoms with Crippen molar-refractivity contribution in [2.24, 2.45) is 0 Å². The van der Waals surface area contributed by atoms with Crippen LogP contribution in [0.15, 0.2) is 42.6 Å². The molecular formula is C18H22FN3O. The first-order valence-corrected chi connectivity index (χ1v) is 7.60. The average molecular weight is 315 g/mol. The number of aromatic nitrogens is 1. The fraction of sp³-hybridized carbons (Fsp3) is 0.333. The van der Waals surface area contributed by atoms with Gasteiger partial charge in [0.05, 0.1) is 0 Å². The second-order valence-electron chi connectivity index (χ2n) is 6.44. The third kappa shape index (κ3) is 5.70. The van der Waals surface area contributed by atoms with Gasteiger partial charge < -0.3 is 10.6 Å². The fourth-order valence-electron chi connectivity index (χ4n) is 2.13. The van der Waals surface area contributed by atoms with E-state index in [4.69, 9.17) is 0 Å². The molecule has 23 heavy (non-hydrogen) atoms. The summed E-state index contributed by atoms with van der Waals surface area (Å²) in [6.07, 6.45) is 2.26. The van der Waals surface area contributed by atoms with Gasteiger partial charge in [0.2, 0.25) is 0 Å². The summed E-state index contributed by atoms with van der Waals surface area (Å²) >= 11 is 0. The van der Waals surface area contributed by atoms with Crippen molar-refractivity contribution in [1.29, 1.82) is 0 Å². The molecule has 0 atom stereocenters. The zero-order valence-electron chi connectivity index (χ0n) is 13.7. The average Bonchev–Trinajstić information content (AvgIpc) is 2.48. The predicted octanol–water partition coefficient (Wildman–Crippen LogP) is 3.40. The van der Waals surface area contributed by atoms with Crippen LogP contribution in [0.25, 0.3) is 0 Å². The van der Waals surface area contributed by atoms with E-state index in [1.807, 2.05) is 6.07 Å². The number of hydrogen-bond donors (Lipinski definition) is 2. The van der Waals surface area contributed by atoms with Crippen molar-refractivity contribution in [1.82, 2.24) is 10.3 Å². The molecule has 2 aromatic rings. The highest BCUT2D eigenvalue weighted by molar-refractivity contribution is 5.93. The normalized spacial score (nSPS) is 11.1. The van der Waals surface area contributed by atoms with Crippen LogP contribution in [0.5, 0.6) is 0 Å². The van der Waals surface area contributed by atoms with Crippen molar-refractivity contribution in [3.8, 4) is 0 Å². The molecule has 1 aromatic heterocycles. The van der Waals surface area contributed by atoms with E-state index >= 15 is 0 Å². The SMILES string of the molecule is CC(C)(C)Nc1ccnc(C(=O)NCCc2ccc(F)cc2)c1. The third-order valence-electron chi connectivity index (χ3n) is 3.12. The minimum absolute atomic E-state index is 0.0856. The first-order valence-electron chi connectivity index (χ1n) is 7.60. The summed E-state index contributed by atoms with van der Waals surface area (Å²) in [7, 11) is 0. The van der Waals surface area contributed by atoms with Crippen LogP contribution in [0, 0.1) is 5.82 Å². The van der Waals surface area contributed by atoms with Crippen LogP contribution in [0.3, 0.4) is 0 Å². The Morgan fingerprint density at radius 2 is 1.87 bits per heavy atom. The number of benzene rings is 1. The Bertz CT molecular complexity index is 663. The van der Waals surface area contributed by atoms with E-state index < -0.39 is 0 Å². The first-order chi connectivity index (χ1) is 10.8. The molecule has 1 aromatic carbocycles. The van der Waals surface area contributed by atoms with E-state index in [1.54, 1.807) is 24.4 Å². The van der Waals surface area contributed by atoms with Crippen LogP contribution in [0.2, 0.25) is 0 Å². The summed E-state index contributed by atoms with van der Waals surface area (Å²) in [6, 6.07) is 9.83. The summed E-state index contributed by atoms with van der Waals surface area (Å²) < 4.78 is 12.8. The maximum atomic E-state index is 12.8. The second kappa shape index (κ2) is 7.22. The number of nitrogens with zero attached hydrogens (tertiary/aromatic N) is 1. The molecule has 0 fully saturated rings. The van der Waals surface area contributed by atoms with Gasteiger partial charge in [-0.05, 0) is 57.0 Å². The zero-order chi connectivity index (χ0) is 16.9. The van der Waals surface area contributed by atoms with Gasteiger partial charge in [0.25, 0.3) is 5.91 Å². The van der Waals surface area contributed by atoms with E-state index in [1.165, 1.54) is 12.1 Å². The lowest BCUT2D eigenvalue weighted by atomic mass is 10.1. The van der Waals surface area contributed by atoms with Crippen molar-refractivity contribution < 1.29 is 9.18 Å². The summed E-state index contributed by atoms with van der Waals surface area (Å²) in [4.78, 5) is 16.3. The lowest BCUT2D eigenvalue weighted by Crippen LogP contribution is -2.28. The lowest BCUT2D eigenvalue weighted by Gasteiger charge is -2.22. The Morgan fingerprint density at radius 3 is 2.52 bits per heavy atom. The summed E-state index contributed by atoms with van der Waals surface area (Å²) in [5.41, 5.74) is 2.12. The summed E-state index contributed by atoms with van der Waals surface area (Å²) in [5, 5.41) is 6.14. The van der Waals surface area contributed by atoms with Crippen LogP contribution in [-0.2, 0) is 6.42 Å². The van der Waals surface area contributed by atoms with E-state index in [-0.39, 0.29) is 17.3 Å². The van der Waals surface area contributed by atoms with Gasteiger partial charge in [-0.2, -0.15) is 0 Å². The maximum absolute atomic E-state index is 12.8. The lowest BCUT2D eigenvalue weighted by molar-refractivity contribution is 0.0949. The van der Waals surface area contributed by atoms with Crippen molar-refractivity contribution in [3.05, 3.63) is 59.7 Å². The summed E-state index contributed by atoms with van der Waals surface area (Å²) in [5.74, 6) is -0.477. The zero-order valence-corrected chi connectivity index (χ0v) is 13.7. The minimum atomic E-state index is -0.259. The van der Waals surface area contributed by atoms with Gasteiger partial charge in [-0.25, -0.2) is 4.39 Å². The highest BCUT2D eigenvalue weighted by Gasteiger charge is 2.12. The Labute approximate surface area is 136 Å². The van der Waals surface area contributed by atoms with E-state index in [9.17, 15) is 9.18 Å². The van der Waals surface area contributed by atoms with E-state index in [0.717, 1.165) is 11.3 Å². The molecule has 0 radical (unpaired) electrons. The molecule has 5 heteroatoms. The van der Waals surface area contributed by atoms with Gasteiger partial charge in [0, 0.05) is 24.0 Å². The molecule has 0 aliphatic heterocycles. The van der Waals surface area contributed by atoms with E-state index in [0.29, 0.717) is 18.7 Å². The Balaban J connectivity index is 1.90. The highest BCUT2D eigenvalue weighted by Crippen LogP contribution is 2.14.